The van der Waals surface area contributed by atoms with Crippen molar-refractivity contribution in [3.63, 3.8) is 0 Å². The summed E-state index contributed by atoms with van der Waals surface area (Å²) >= 11 is 3.01. The third-order valence-corrected chi connectivity index (χ3v) is 5.21. The van der Waals surface area contributed by atoms with Gasteiger partial charge in [0.1, 0.15) is 11.4 Å². The van der Waals surface area contributed by atoms with Gasteiger partial charge in [-0.05, 0) is 51.8 Å². The summed E-state index contributed by atoms with van der Waals surface area (Å²) in [4.78, 5) is 46.1. The number of phenolic OH excluding ortho intramolecular Hbond substituents is 1. The van der Waals surface area contributed by atoms with E-state index in [4.69, 9.17) is 0 Å². The van der Waals surface area contributed by atoms with Gasteiger partial charge in [0.2, 0.25) is 0 Å². The first-order chi connectivity index (χ1) is 17.2. The van der Waals surface area contributed by atoms with Crippen LogP contribution in [-0.4, -0.2) is 33.0 Å². The first-order valence-electron chi connectivity index (χ1n) is 9.98. The molecule has 0 radical (unpaired) electrons. The zero-order valence-corrected chi connectivity index (χ0v) is 19.7. The summed E-state index contributed by atoms with van der Waals surface area (Å²) < 4.78 is 0.0540. The largest absolute Gasteiger partial charge is 0.506 e. The minimum Gasteiger partial charge on any atom is -0.506 e. The zero-order valence-electron chi connectivity index (χ0n) is 18.1. The van der Waals surface area contributed by atoms with Gasteiger partial charge in [-0.15, -0.1) is 0 Å². The number of benzene rings is 3. The normalized spacial score (nSPS) is 11.2. The number of hydrogen-bond acceptors (Lipinski definition) is 8. The number of hydrogen-bond donors (Lipinski definition) is 3. The van der Waals surface area contributed by atoms with Gasteiger partial charge in [0.05, 0.1) is 20.5 Å². The van der Waals surface area contributed by atoms with Crippen molar-refractivity contribution in [2.45, 2.75) is 0 Å². The Morgan fingerprint density at radius 1 is 0.944 bits per heavy atom. The van der Waals surface area contributed by atoms with E-state index in [0.717, 1.165) is 18.3 Å². The number of halogens is 1. The molecule has 0 saturated carbocycles. The zero-order chi connectivity index (χ0) is 26.2. The molecule has 0 aromatic heterocycles. The molecule has 0 aliphatic carbocycles. The molecule has 0 heterocycles. The average Bonchev–Trinajstić information content (AvgIpc) is 2.86. The van der Waals surface area contributed by atoms with E-state index < -0.39 is 21.7 Å². The highest BCUT2D eigenvalue weighted by molar-refractivity contribution is 9.10. The summed E-state index contributed by atoms with van der Waals surface area (Å²) in [6.45, 7) is 0. The number of nitrogens with zero attached hydrogens (tertiary/aromatic N) is 3. The quantitative estimate of drug-likeness (QED) is 0.164. The van der Waals surface area contributed by atoms with Crippen LogP contribution in [0.15, 0.2) is 82.0 Å². The van der Waals surface area contributed by atoms with Gasteiger partial charge in [-0.2, -0.15) is 5.10 Å². The van der Waals surface area contributed by atoms with Crippen molar-refractivity contribution in [2.24, 2.45) is 5.10 Å². The van der Waals surface area contributed by atoms with Crippen LogP contribution in [0.25, 0.3) is 6.08 Å². The van der Waals surface area contributed by atoms with Crippen LogP contribution in [-0.2, 0) is 4.79 Å². The molecule has 36 heavy (non-hydrogen) atoms. The second kappa shape index (κ2) is 11.5. The minimum absolute atomic E-state index is 0.0504. The van der Waals surface area contributed by atoms with Crippen molar-refractivity contribution < 1.29 is 24.5 Å². The number of non-ortho nitro benzene ring substituents is 2. The molecule has 0 spiro atoms. The van der Waals surface area contributed by atoms with E-state index in [1.54, 1.807) is 18.2 Å². The SMILES string of the molecule is O=C(N/N=C/c1cc([N+](=O)[O-])cc(Br)c1O)/C(=C/c1ccc([N+](=O)[O-])cc1)NC(=O)c1ccccc1. The predicted molar refractivity (Wildman–Crippen MR) is 133 cm³/mol. The number of aromatic hydroxyl groups is 1. The summed E-state index contributed by atoms with van der Waals surface area (Å²) in [5.41, 5.74) is 2.07. The van der Waals surface area contributed by atoms with Gasteiger partial charge in [0.25, 0.3) is 23.2 Å². The number of phenols is 1. The van der Waals surface area contributed by atoms with Crippen molar-refractivity contribution in [1.29, 1.82) is 0 Å². The molecule has 0 aliphatic rings. The second-order valence-corrected chi connectivity index (χ2v) is 7.90. The lowest BCUT2D eigenvalue weighted by atomic mass is 10.1. The summed E-state index contributed by atoms with van der Waals surface area (Å²) in [6.07, 6.45) is 2.28. The van der Waals surface area contributed by atoms with Crippen LogP contribution in [0, 0.1) is 20.2 Å². The maximum Gasteiger partial charge on any atom is 0.287 e. The lowest BCUT2D eigenvalue weighted by molar-refractivity contribution is -0.385. The van der Waals surface area contributed by atoms with Crippen LogP contribution in [0.2, 0.25) is 0 Å². The molecule has 3 N–H and O–H groups in total. The Labute approximate surface area is 211 Å². The molecule has 0 unspecified atom stereocenters. The highest BCUT2D eigenvalue weighted by atomic mass is 79.9. The first kappa shape index (κ1) is 25.7. The Kier molecular flexibility index (Phi) is 8.20. The molecule has 0 fully saturated rings. The van der Waals surface area contributed by atoms with Crippen LogP contribution < -0.4 is 10.7 Å². The third kappa shape index (κ3) is 6.57. The molecule has 0 saturated heterocycles. The number of nitro groups is 2. The van der Waals surface area contributed by atoms with Crippen molar-refractivity contribution in [3.8, 4) is 5.75 Å². The van der Waals surface area contributed by atoms with E-state index in [1.807, 2.05) is 0 Å². The Balaban J connectivity index is 1.87. The van der Waals surface area contributed by atoms with Crippen LogP contribution in [0.5, 0.6) is 5.75 Å². The monoisotopic (exact) mass is 553 g/mol. The summed E-state index contributed by atoms with van der Waals surface area (Å²) in [5, 5.41) is 38.2. The van der Waals surface area contributed by atoms with Gasteiger partial charge in [-0.25, -0.2) is 5.43 Å². The Morgan fingerprint density at radius 3 is 2.19 bits per heavy atom. The fraction of sp³-hybridized carbons (Fsp3) is 0. The van der Waals surface area contributed by atoms with E-state index in [9.17, 15) is 34.9 Å². The number of carbonyl (C=O) groups excluding carboxylic acids is 2. The van der Waals surface area contributed by atoms with E-state index in [-0.39, 0.29) is 38.4 Å². The fourth-order valence-corrected chi connectivity index (χ4v) is 3.29. The average molecular weight is 554 g/mol. The van der Waals surface area contributed by atoms with Gasteiger partial charge in [-0.1, -0.05) is 18.2 Å². The molecule has 182 valence electrons. The Hall–Kier alpha value is -4.91. The standard InChI is InChI=1S/C23H16BrN5O7/c24-19-12-18(29(35)36)11-16(21(19)30)13-25-27-23(32)20(26-22(31)15-4-2-1-3-5-15)10-14-6-8-17(9-7-14)28(33)34/h1-13,30H,(H,26,31)(H,27,32)/b20-10-,25-13+. The first-order valence-corrected chi connectivity index (χ1v) is 10.8. The van der Waals surface area contributed by atoms with Crippen molar-refractivity contribution >= 4 is 51.4 Å². The maximum atomic E-state index is 12.8. The van der Waals surface area contributed by atoms with E-state index >= 15 is 0 Å². The molecule has 0 bridgehead atoms. The van der Waals surface area contributed by atoms with Gasteiger partial charge >= 0.3 is 0 Å². The number of nitro benzene ring substituents is 2. The molecule has 12 nitrogen and oxygen atoms in total. The van der Waals surface area contributed by atoms with Crippen LogP contribution in [0.3, 0.4) is 0 Å². The molecule has 2 amide bonds. The molecule has 13 heteroatoms. The highest BCUT2D eigenvalue weighted by Gasteiger charge is 2.16. The summed E-state index contributed by atoms with van der Waals surface area (Å²) in [5.74, 6) is -1.79. The minimum atomic E-state index is -0.863. The van der Waals surface area contributed by atoms with Crippen LogP contribution in [0.4, 0.5) is 11.4 Å². The molecular weight excluding hydrogens is 538 g/mol. The summed E-state index contributed by atoms with van der Waals surface area (Å²) in [7, 11) is 0. The third-order valence-electron chi connectivity index (χ3n) is 4.60. The van der Waals surface area contributed by atoms with Crippen LogP contribution >= 0.6 is 15.9 Å². The lowest BCUT2D eigenvalue weighted by Gasteiger charge is -2.09. The van der Waals surface area contributed by atoms with Gasteiger partial charge in [-0.3, -0.25) is 29.8 Å². The van der Waals surface area contributed by atoms with Crippen molar-refractivity contribution in [1.82, 2.24) is 10.7 Å². The van der Waals surface area contributed by atoms with Crippen molar-refractivity contribution in [2.75, 3.05) is 0 Å². The topological polar surface area (TPSA) is 177 Å². The molecule has 0 atom stereocenters. The Morgan fingerprint density at radius 2 is 1.58 bits per heavy atom. The second-order valence-electron chi connectivity index (χ2n) is 7.05. The highest BCUT2D eigenvalue weighted by Crippen LogP contribution is 2.31. The van der Waals surface area contributed by atoms with Gasteiger partial charge < -0.3 is 10.4 Å². The van der Waals surface area contributed by atoms with E-state index in [2.05, 4.69) is 31.8 Å². The molecule has 3 aromatic rings. The number of nitrogens with one attached hydrogen (secondary N) is 2. The van der Waals surface area contributed by atoms with E-state index in [1.165, 1.54) is 42.5 Å². The van der Waals surface area contributed by atoms with Gasteiger partial charge in [0, 0.05) is 35.4 Å². The lowest BCUT2D eigenvalue weighted by Crippen LogP contribution is -2.32. The van der Waals surface area contributed by atoms with Gasteiger partial charge in [0.15, 0.2) is 0 Å². The molecular formula is C23H16BrN5O7. The number of carbonyl (C=O) groups is 2. The molecule has 3 rings (SSSR count). The van der Waals surface area contributed by atoms with Crippen molar-refractivity contribution in [3.05, 3.63) is 114 Å². The summed E-state index contributed by atoms with van der Waals surface area (Å²) in [6, 6.07) is 15.5. The Bertz CT molecular complexity index is 1390. The molecule has 3 aromatic carbocycles. The van der Waals surface area contributed by atoms with Crippen LogP contribution in [0.1, 0.15) is 21.5 Å². The number of hydrazone groups is 1. The smallest absolute Gasteiger partial charge is 0.287 e. The van der Waals surface area contributed by atoms with E-state index in [0.29, 0.717) is 5.56 Å². The fourth-order valence-electron chi connectivity index (χ4n) is 2.83. The number of amides is 2. The number of rotatable bonds is 8. The predicted octanol–water partition coefficient (Wildman–Crippen LogP) is 3.89. The maximum absolute atomic E-state index is 12.8. The molecule has 0 aliphatic heterocycles.